The Bertz CT molecular complexity index is 514. The van der Waals surface area contributed by atoms with Crippen LogP contribution < -0.4 is 16.2 Å². The van der Waals surface area contributed by atoms with Crippen molar-refractivity contribution in [1.82, 2.24) is 16.2 Å². The van der Waals surface area contributed by atoms with Crippen molar-refractivity contribution in [2.75, 3.05) is 0 Å². The van der Waals surface area contributed by atoms with Crippen molar-refractivity contribution in [3.8, 4) is 0 Å². The summed E-state index contributed by atoms with van der Waals surface area (Å²) in [6.45, 7) is 0. The Balaban J connectivity index is 2.14. The highest BCUT2D eigenvalue weighted by Crippen LogP contribution is 2.28. The van der Waals surface area contributed by atoms with Crippen LogP contribution in [0.1, 0.15) is 11.1 Å². The van der Waals surface area contributed by atoms with E-state index in [-0.39, 0.29) is 0 Å². The Kier molecular flexibility index (Phi) is 2.74. The number of hydrogen-bond acceptors (Lipinski definition) is 2. The van der Waals surface area contributed by atoms with Gasteiger partial charge in [-0.05, 0) is 23.3 Å². The summed E-state index contributed by atoms with van der Waals surface area (Å²) in [4.78, 5) is 0. The normalized spacial score (nSPS) is 17.0. The van der Waals surface area contributed by atoms with Crippen LogP contribution in [-0.2, 0) is 5.66 Å². The number of thiocarbonyl (C=S) groups is 1. The largest absolute Gasteiger partial charge is 0.335 e. The third-order valence-corrected chi connectivity index (χ3v) is 3.28. The molecule has 0 spiro atoms. The molecule has 1 fully saturated rings. The average Bonchev–Trinajstić information content (AvgIpc) is 2.84. The van der Waals surface area contributed by atoms with E-state index >= 15 is 0 Å². The topological polar surface area (TPSA) is 36.1 Å². The van der Waals surface area contributed by atoms with E-state index in [2.05, 4.69) is 40.4 Å². The van der Waals surface area contributed by atoms with Gasteiger partial charge in [0.15, 0.2) is 10.8 Å². The Morgan fingerprint density at radius 2 is 1.28 bits per heavy atom. The Hall–Kier alpha value is -1.91. The molecule has 1 aliphatic rings. The second-order valence-corrected chi connectivity index (χ2v) is 4.59. The lowest BCUT2D eigenvalue weighted by atomic mass is 9.92. The summed E-state index contributed by atoms with van der Waals surface area (Å²) in [5.74, 6) is 0. The van der Waals surface area contributed by atoms with Gasteiger partial charge in [0.1, 0.15) is 0 Å². The average molecular weight is 255 g/mol. The maximum absolute atomic E-state index is 5.18. The summed E-state index contributed by atoms with van der Waals surface area (Å²) in [5.41, 5.74) is 7.96. The summed E-state index contributed by atoms with van der Waals surface area (Å²) in [7, 11) is 0. The van der Waals surface area contributed by atoms with Crippen molar-refractivity contribution in [2.24, 2.45) is 0 Å². The zero-order valence-electron chi connectivity index (χ0n) is 9.68. The van der Waals surface area contributed by atoms with Gasteiger partial charge in [0.25, 0.3) is 0 Å². The van der Waals surface area contributed by atoms with Gasteiger partial charge in [-0.1, -0.05) is 60.7 Å². The molecule has 0 unspecified atom stereocenters. The highest BCUT2D eigenvalue weighted by molar-refractivity contribution is 7.80. The van der Waals surface area contributed by atoms with Gasteiger partial charge in [0.2, 0.25) is 0 Å². The van der Waals surface area contributed by atoms with Crippen LogP contribution in [0.3, 0.4) is 0 Å². The first-order valence-electron chi connectivity index (χ1n) is 5.78. The molecule has 0 aliphatic carbocycles. The molecule has 0 saturated carbocycles. The molecule has 3 N–H and O–H groups in total. The Labute approximate surface area is 111 Å². The van der Waals surface area contributed by atoms with Crippen molar-refractivity contribution < 1.29 is 0 Å². The number of rotatable bonds is 2. The number of hydrogen-bond donors (Lipinski definition) is 3. The van der Waals surface area contributed by atoms with Crippen LogP contribution in [0.4, 0.5) is 0 Å². The van der Waals surface area contributed by atoms with E-state index in [0.717, 1.165) is 11.1 Å². The van der Waals surface area contributed by atoms with Gasteiger partial charge in [-0.2, -0.15) is 0 Å². The standard InChI is InChI=1S/C14H13N3S/c18-13-15-14(17-16-13,11-7-3-1-4-8-11)12-9-5-2-6-10-12/h1-10,17H,(H2,15,16,18). The molecular formula is C14H13N3S. The van der Waals surface area contributed by atoms with Crippen molar-refractivity contribution in [1.29, 1.82) is 0 Å². The molecule has 90 valence electrons. The summed E-state index contributed by atoms with van der Waals surface area (Å²) >= 11 is 5.18. The fraction of sp³-hybridized carbons (Fsp3) is 0.0714. The Morgan fingerprint density at radius 3 is 1.67 bits per heavy atom. The van der Waals surface area contributed by atoms with Gasteiger partial charge in [0, 0.05) is 0 Å². The number of hydrazine groups is 1. The van der Waals surface area contributed by atoms with E-state index in [1.54, 1.807) is 0 Å². The van der Waals surface area contributed by atoms with Gasteiger partial charge in [-0.15, -0.1) is 0 Å². The summed E-state index contributed by atoms with van der Waals surface area (Å²) in [6, 6.07) is 20.4. The van der Waals surface area contributed by atoms with Crippen LogP contribution in [-0.4, -0.2) is 5.11 Å². The molecule has 2 aromatic carbocycles. The van der Waals surface area contributed by atoms with E-state index < -0.39 is 5.66 Å². The molecule has 0 radical (unpaired) electrons. The fourth-order valence-corrected chi connectivity index (χ4v) is 2.42. The van der Waals surface area contributed by atoms with Crippen LogP contribution in [0, 0.1) is 0 Å². The minimum atomic E-state index is -0.500. The van der Waals surface area contributed by atoms with Crippen LogP contribution in [0.5, 0.6) is 0 Å². The molecule has 1 heterocycles. The van der Waals surface area contributed by atoms with Crippen LogP contribution >= 0.6 is 12.2 Å². The van der Waals surface area contributed by atoms with Crippen LogP contribution in [0.2, 0.25) is 0 Å². The van der Waals surface area contributed by atoms with Gasteiger partial charge in [-0.25, -0.2) is 5.43 Å². The second-order valence-electron chi connectivity index (χ2n) is 4.19. The number of benzene rings is 2. The van der Waals surface area contributed by atoms with Crippen LogP contribution in [0.25, 0.3) is 0 Å². The smallest absolute Gasteiger partial charge is 0.182 e. The van der Waals surface area contributed by atoms with Gasteiger partial charge >= 0.3 is 0 Å². The van der Waals surface area contributed by atoms with Crippen molar-refractivity contribution in [3.63, 3.8) is 0 Å². The maximum atomic E-state index is 5.18. The predicted molar refractivity (Wildman–Crippen MR) is 75.7 cm³/mol. The Morgan fingerprint density at radius 1 is 0.778 bits per heavy atom. The summed E-state index contributed by atoms with van der Waals surface area (Å²) in [5, 5.41) is 3.91. The van der Waals surface area contributed by atoms with E-state index in [0.29, 0.717) is 5.11 Å². The highest BCUT2D eigenvalue weighted by Gasteiger charge is 2.39. The second kappa shape index (κ2) is 4.40. The van der Waals surface area contributed by atoms with Gasteiger partial charge in [0.05, 0.1) is 0 Å². The molecule has 0 amide bonds. The monoisotopic (exact) mass is 255 g/mol. The number of nitrogens with one attached hydrogen (secondary N) is 3. The highest BCUT2D eigenvalue weighted by atomic mass is 32.1. The molecule has 18 heavy (non-hydrogen) atoms. The van der Waals surface area contributed by atoms with Crippen molar-refractivity contribution in [2.45, 2.75) is 5.66 Å². The van der Waals surface area contributed by atoms with E-state index in [4.69, 9.17) is 12.2 Å². The molecule has 1 saturated heterocycles. The third-order valence-electron chi connectivity index (χ3n) is 3.08. The molecule has 0 atom stereocenters. The van der Waals surface area contributed by atoms with Gasteiger partial charge < -0.3 is 5.32 Å². The lowest BCUT2D eigenvalue weighted by molar-refractivity contribution is 0.407. The first-order valence-corrected chi connectivity index (χ1v) is 6.18. The minimum absolute atomic E-state index is 0.500. The van der Waals surface area contributed by atoms with Gasteiger partial charge in [-0.3, -0.25) is 5.43 Å². The zero-order valence-corrected chi connectivity index (χ0v) is 10.5. The molecule has 4 heteroatoms. The van der Waals surface area contributed by atoms with Crippen molar-refractivity contribution in [3.05, 3.63) is 71.8 Å². The first-order chi connectivity index (χ1) is 8.81. The first kappa shape index (κ1) is 11.2. The third kappa shape index (κ3) is 1.75. The fourth-order valence-electron chi connectivity index (χ4n) is 2.21. The van der Waals surface area contributed by atoms with Crippen molar-refractivity contribution >= 4 is 17.3 Å². The lowest BCUT2D eigenvalue weighted by Crippen LogP contribution is -2.48. The quantitative estimate of drug-likeness (QED) is 0.716. The molecule has 1 aliphatic heterocycles. The van der Waals surface area contributed by atoms with E-state index in [9.17, 15) is 0 Å². The SMILES string of the molecule is S=C1NNC(c2ccccc2)(c2ccccc2)N1. The summed E-state index contributed by atoms with van der Waals surface area (Å²) in [6.07, 6.45) is 0. The van der Waals surface area contributed by atoms with Crippen LogP contribution in [0.15, 0.2) is 60.7 Å². The minimum Gasteiger partial charge on any atom is -0.335 e. The zero-order chi connectivity index (χ0) is 12.4. The van der Waals surface area contributed by atoms with E-state index in [1.807, 2.05) is 36.4 Å². The molecule has 2 aromatic rings. The molecule has 0 bridgehead atoms. The predicted octanol–water partition coefficient (Wildman–Crippen LogP) is 1.87. The molecule has 0 aromatic heterocycles. The summed E-state index contributed by atoms with van der Waals surface area (Å²) < 4.78 is 0. The maximum Gasteiger partial charge on any atom is 0.182 e. The molecular weight excluding hydrogens is 242 g/mol. The van der Waals surface area contributed by atoms with E-state index in [1.165, 1.54) is 0 Å². The molecule has 3 nitrogen and oxygen atoms in total. The molecule has 3 rings (SSSR count). The lowest BCUT2D eigenvalue weighted by Gasteiger charge is -2.29.